The number of benzene rings is 2. The van der Waals surface area contributed by atoms with Crippen molar-refractivity contribution in [3.63, 3.8) is 0 Å². The van der Waals surface area contributed by atoms with Gasteiger partial charge in [-0.2, -0.15) is 0 Å². The number of aliphatic hydroxyl groups excluding tert-OH is 1. The van der Waals surface area contributed by atoms with Gasteiger partial charge in [0.1, 0.15) is 5.82 Å². The van der Waals surface area contributed by atoms with E-state index >= 15 is 0 Å². The molecule has 0 aromatic heterocycles. The van der Waals surface area contributed by atoms with Crippen molar-refractivity contribution in [3.8, 4) is 0 Å². The molecule has 2 N–H and O–H groups in total. The van der Waals surface area contributed by atoms with Crippen molar-refractivity contribution in [2.24, 2.45) is 0 Å². The minimum Gasteiger partial charge on any atom is -0.394 e. The average Bonchev–Trinajstić information content (AvgIpc) is 2.50. The average molecular weight is 352 g/mol. The second-order valence-electron chi connectivity index (χ2n) is 4.93. The van der Waals surface area contributed by atoms with E-state index in [0.29, 0.717) is 4.47 Å². The molecule has 0 radical (unpaired) electrons. The molecule has 2 rings (SSSR count). The summed E-state index contributed by atoms with van der Waals surface area (Å²) in [6.07, 6.45) is 0. The molecular weight excluding hydrogens is 337 g/mol. The van der Waals surface area contributed by atoms with Crippen molar-refractivity contribution in [2.45, 2.75) is 12.5 Å². The van der Waals surface area contributed by atoms with E-state index < -0.39 is 17.3 Å². The van der Waals surface area contributed by atoms with Gasteiger partial charge in [-0.1, -0.05) is 46.3 Å². The maximum atomic E-state index is 13.8. The summed E-state index contributed by atoms with van der Waals surface area (Å²) in [6, 6.07) is 13.2. The van der Waals surface area contributed by atoms with Crippen molar-refractivity contribution in [1.82, 2.24) is 5.32 Å². The first-order valence-electron chi connectivity index (χ1n) is 6.40. The fourth-order valence-corrected chi connectivity index (χ4v) is 2.36. The van der Waals surface area contributed by atoms with Crippen molar-refractivity contribution in [3.05, 3.63) is 69.9 Å². The Bertz CT molecular complexity index is 648. The highest BCUT2D eigenvalue weighted by molar-refractivity contribution is 9.10. The van der Waals surface area contributed by atoms with Gasteiger partial charge in [0.2, 0.25) is 0 Å². The predicted octanol–water partition coefficient (Wildman–Crippen LogP) is 3.23. The topological polar surface area (TPSA) is 49.3 Å². The maximum Gasteiger partial charge on any atom is 0.255 e. The zero-order valence-corrected chi connectivity index (χ0v) is 13.0. The van der Waals surface area contributed by atoms with Gasteiger partial charge in [-0.05, 0) is 30.7 Å². The van der Waals surface area contributed by atoms with Gasteiger partial charge in [0.25, 0.3) is 5.91 Å². The first-order valence-corrected chi connectivity index (χ1v) is 7.19. The molecular formula is C16H15BrFNO2. The van der Waals surface area contributed by atoms with Crippen LogP contribution in [0.3, 0.4) is 0 Å². The van der Waals surface area contributed by atoms with Crippen LogP contribution in [0.25, 0.3) is 0 Å². The Hall–Kier alpha value is -1.72. The quantitative estimate of drug-likeness (QED) is 0.888. The summed E-state index contributed by atoms with van der Waals surface area (Å²) in [4.78, 5) is 12.3. The predicted molar refractivity (Wildman–Crippen MR) is 82.4 cm³/mol. The zero-order chi connectivity index (χ0) is 15.5. The summed E-state index contributed by atoms with van der Waals surface area (Å²) >= 11 is 3.21. The third-order valence-electron chi connectivity index (χ3n) is 3.29. The lowest BCUT2D eigenvalue weighted by Gasteiger charge is -2.29. The molecule has 2 aromatic carbocycles. The zero-order valence-electron chi connectivity index (χ0n) is 11.4. The number of carbonyl (C=O) groups is 1. The maximum absolute atomic E-state index is 13.8. The molecule has 0 aliphatic rings. The summed E-state index contributed by atoms with van der Waals surface area (Å²) in [6.45, 7) is 1.40. The highest BCUT2D eigenvalue weighted by atomic mass is 79.9. The number of rotatable bonds is 4. The first kappa shape index (κ1) is 15.7. The van der Waals surface area contributed by atoms with Crippen molar-refractivity contribution in [1.29, 1.82) is 0 Å². The molecule has 0 bridgehead atoms. The number of nitrogens with one attached hydrogen (secondary N) is 1. The second-order valence-corrected chi connectivity index (χ2v) is 5.85. The van der Waals surface area contributed by atoms with E-state index in [1.54, 1.807) is 19.1 Å². The van der Waals surface area contributed by atoms with Crippen LogP contribution in [0.15, 0.2) is 53.0 Å². The normalized spacial score (nSPS) is 13.5. The van der Waals surface area contributed by atoms with Gasteiger partial charge in [0.15, 0.2) is 0 Å². The molecule has 1 atom stereocenters. The standard InChI is InChI=1S/C16H15BrFNO2/c1-16(10-20,11-5-3-2-4-6-11)19-15(21)13-9-12(17)7-8-14(13)18/h2-9,20H,10H2,1H3,(H,19,21). The van der Waals surface area contributed by atoms with E-state index in [2.05, 4.69) is 21.2 Å². The molecule has 0 aliphatic carbocycles. The summed E-state index contributed by atoms with van der Waals surface area (Å²) in [5.41, 5.74) is -0.302. The lowest BCUT2D eigenvalue weighted by molar-refractivity contribution is 0.0845. The van der Waals surface area contributed by atoms with E-state index in [9.17, 15) is 14.3 Å². The Morgan fingerprint density at radius 2 is 1.95 bits per heavy atom. The van der Waals surface area contributed by atoms with Crippen LogP contribution < -0.4 is 5.32 Å². The third kappa shape index (κ3) is 3.49. The van der Waals surface area contributed by atoms with Crippen molar-refractivity contribution in [2.75, 3.05) is 6.61 Å². The van der Waals surface area contributed by atoms with Gasteiger partial charge in [-0.3, -0.25) is 4.79 Å². The Kier molecular flexibility index (Phi) is 4.75. The smallest absolute Gasteiger partial charge is 0.255 e. The molecule has 1 unspecified atom stereocenters. The lowest BCUT2D eigenvalue weighted by atomic mass is 9.92. The highest BCUT2D eigenvalue weighted by Crippen LogP contribution is 2.22. The van der Waals surface area contributed by atoms with Crippen molar-refractivity contribution < 1.29 is 14.3 Å². The molecule has 3 nitrogen and oxygen atoms in total. The molecule has 0 aliphatic heterocycles. The molecule has 1 amide bonds. The third-order valence-corrected chi connectivity index (χ3v) is 3.78. The van der Waals surface area contributed by atoms with Crippen LogP contribution in [0, 0.1) is 5.82 Å². The Labute approximate surface area is 130 Å². The fourth-order valence-electron chi connectivity index (χ4n) is 2.00. The molecule has 0 spiro atoms. The molecule has 0 saturated carbocycles. The SMILES string of the molecule is CC(CO)(NC(=O)c1cc(Br)ccc1F)c1ccccc1. The Morgan fingerprint density at radius 3 is 2.57 bits per heavy atom. The van der Waals surface area contributed by atoms with Gasteiger partial charge < -0.3 is 10.4 Å². The lowest BCUT2D eigenvalue weighted by Crippen LogP contribution is -2.46. The van der Waals surface area contributed by atoms with Gasteiger partial charge >= 0.3 is 0 Å². The molecule has 21 heavy (non-hydrogen) atoms. The summed E-state index contributed by atoms with van der Waals surface area (Å²) in [7, 11) is 0. The Morgan fingerprint density at radius 1 is 1.29 bits per heavy atom. The highest BCUT2D eigenvalue weighted by Gasteiger charge is 2.29. The van der Waals surface area contributed by atoms with E-state index in [0.717, 1.165) is 5.56 Å². The van der Waals surface area contributed by atoms with E-state index in [1.807, 2.05) is 18.2 Å². The van der Waals surface area contributed by atoms with E-state index in [-0.39, 0.29) is 12.2 Å². The number of hydrogen-bond acceptors (Lipinski definition) is 2. The molecule has 2 aromatic rings. The molecule has 0 heterocycles. The van der Waals surface area contributed by atoms with Gasteiger partial charge in [0.05, 0.1) is 17.7 Å². The molecule has 0 fully saturated rings. The van der Waals surface area contributed by atoms with Crippen LogP contribution in [0.2, 0.25) is 0 Å². The fraction of sp³-hybridized carbons (Fsp3) is 0.188. The largest absolute Gasteiger partial charge is 0.394 e. The number of carbonyl (C=O) groups excluding carboxylic acids is 1. The summed E-state index contributed by atoms with van der Waals surface area (Å²) in [5.74, 6) is -1.18. The molecule has 0 saturated heterocycles. The van der Waals surface area contributed by atoms with Crippen LogP contribution in [0.5, 0.6) is 0 Å². The van der Waals surface area contributed by atoms with Crippen LogP contribution in [0.1, 0.15) is 22.8 Å². The van der Waals surface area contributed by atoms with Crippen LogP contribution >= 0.6 is 15.9 Å². The first-order chi connectivity index (χ1) is 9.96. The molecule has 5 heteroatoms. The number of amides is 1. The molecule has 110 valence electrons. The minimum absolute atomic E-state index is 0.0695. The van der Waals surface area contributed by atoms with E-state index in [1.165, 1.54) is 18.2 Å². The summed E-state index contributed by atoms with van der Waals surface area (Å²) < 4.78 is 14.4. The van der Waals surface area contributed by atoms with Gasteiger partial charge in [-0.15, -0.1) is 0 Å². The Balaban J connectivity index is 2.30. The van der Waals surface area contributed by atoms with Crippen LogP contribution in [0.4, 0.5) is 4.39 Å². The number of halogens is 2. The van der Waals surface area contributed by atoms with Gasteiger partial charge in [-0.25, -0.2) is 4.39 Å². The summed E-state index contributed by atoms with van der Waals surface area (Å²) in [5, 5.41) is 12.3. The van der Waals surface area contributed by atoms with Crippen LogP contribution in [-0.4, -0.2) is 17.6 Å². The van der Waals surface area contributed by atoms with E-state index in [4.69, 9.17) is 0 Å². The number of hydrogen-bond donors (Lipinski definition) is 2. The second kappa shape index (κ2) is 6.37. The number of aliphatic hydroxyl groups is 1. The van der Waals surface area contributed by atoms with Crippen molar-refractivity contribution >= 4 is 21.8 Å². The van der Waals surface area contributed by atoms with Crippen LogP contribution in [-0.2, 0) is 5.54 Å². The van der Waals surface area contributed by atoms with Gasteiger partial charge in [0, 0.05) is 4.47 Å². The minimum atomic E-state index is -0.979. The monoisotopic (exact) mass is 351 g/mol.